The van der Waals surface area contributed by atoms with Crippen molar-refractivity contribution in [3.05, 3.63) is 23.4 Å². The van der Waals surface area contributed by atoms with Crippen LogP contribution in [0.4, 0.5) is 13.2 Å². The van der Waals surface area contributed by atoms with Crippen LogP contribution in [0.25, 0.3) is 0 Å². The molecular formula is C9H5F3N2O3. The maximum atomic E-state index is 10.9. The summed E-state index contributed by atoms with van der Waals surface area (Å²) in [7, 11) is 0. The standard InChI is InChI=1S/C7H4N2O.C2HF3O2/c10-7-5-1-3-8-6(5)2-4-9-7;3-2(4,5)1(6)7/h1-4H;(H,6,7). The number of hydrogen-bond donors (Lipinski definition) is 1. The van der Waals surface area contributed by atoms with Crippen molar-refractivity contribution in [1.29, 1.82) is 0 Å². The maximum Gasteiger partial charge on any atom is 0.490 e. The molecule has 0 atom stereocenters. The van der Waals surface area contributed by atoms with Crippen LogP contribution in [0.15, 0.2) is 33.4 Å². The third kappa shape index (κ3) is 3.37. The fourth-order valence-electron chi connectivity index (χ4n) is 0.906. The molecule has 0 spiro atoms. The van der Waals surface area contributed by atoms with Crippen molar-refractivity contribution in [2.45, 2.75) is 6.18 Å². The van der Waals surface area contributed by atoms with Crippen LogP contribution in [0.3, 0.4) is 0 Å². The zero-order chi connectivity index (χ0) is 13.1. The Morgan fingerprint density at radius 1 is 1.18 bits per heavy atom. The molecule has 0 saturated carbocycles. The van der Waals surface area contributed by atoms with Gasteiger partial charge in [0.25, 0.3) is 5.91 Å². The molecule has 90 valence electrons. The van der Waals surface area contributed by atoms with Crippen molar-refractivity contribution in [2.24, 2.45) is 9.98 Å². The fraction of sp³-hybridized carbons (Fsp3) is 0.111. The maximum absolute atomic E-state index is 10.9. The van der Waals surface area contributed by atoms with Crippen LogP contribution < -0.4 is 0 Å². The summed E-state index contributed by atoms with van der Waals surface area (Å²) >= 11 is 0. The van der Waals surface area contributed by atoms with Crippen molar-refractivity contribution in [2.75, 3.05) is 0 Å². The van der Waals surface area contributed by atoms with Gasteiger partial charge in [0, 0.05) is 12.4 Å². The number of hydrogen-bond acceptors (Lipinski definition) is 3. The SMILES string of the molecule is O=C(O)C(F)(F)F.O=C1N=CC=C2N=CC=C12. The van der Waals surface area contributed by atoms with Gasteiger partial charge in [0.15, 0.2) is 0 Å². The van der Waals surface area contributed by atoms with E-state index in [0.29, 0.717) is 5.57 Å². The van der Waals surface area contributed by atoms with Crippen molar-refractivity contribution < 1.29 is 27.9 Å². The largest absolute Gasteiger partial charge is 0.490 e. The molecule has 0 radical (unpaired) electrons. The Balaban J connectivity index is 0.000000185. The molecule has 2 aliphatic rings. The number of allylic oxidation sites excluding steroid dienone is 2. The van der Waals surface area contributed by atoms with Gasteiger partial charge in [-0.2, -0.15) is 13.2 Å². The number of aliphatic carboxylic acids is 1. The van der Waals surface area contributed by atoms with Gasteiger partial charge in [-0.25, -0.2) is 9.79 Å². The normalized spacial score (nSPS) is 16.8. The highest BCUT2D eigenvalue weighted by atomic mass is 19.4. The molecule has 1 N–H and O–H groups in total. The number of dihydropyridines is 1. The molecule has 17 heavy (non-hydrogen) atoms. The van der Waals surface area contributed by atoms with Crippen molar-refractivity contribution in [3.63, 3.8) is 0 Å². The minimum atomic E-state index is -5.08. The Bertz CT molecular complexity index is 466. The Morgan fingerprint density at radius 3 is 2.18 bits per heavy atom. The number of aliphatic imine (C=N–C) groups is 2. The number of carbonyl (C=O) groups excluding carboxylic acids is 1. The van der Waals surface area contributed by atoms with E-state index in [0.717, 1.165) is 5.70 Å². The van der Waals surface area contributed by atoms with E-state index in [1.807, 2.05) is 0 Å². The van der Waals surface area contributed by atoms with E-state index in [1.165, 1.54) is 6.21 Å². The summed E-state index contributed by atoms with van der Waals surface area (Å²) in [6.07, 6.45) is 1.38. The van der Waals surface area contributed by atoms with Crippen molar-refractivity contribution in [1.82, 2.24) is 0 Å². The van der Waals surface area contributed by atoms with Gasteiger partial charge in [-0.05, 0) is 12.2 Å². The first-order valence-corrected chi connectivity index (χ1v) is 4.16. The van der Waals surface area contributed by atoms with Crippen LogP contribution in [-0.4, -0.2) is 35.6 Å². The minimum absolute atomic E-state index is 0.199. The van der Waals surface area contributed by atoms with Gasteiger partial charge in [-0.15, -0.1) is 0 Å². The molecule has 0 saturated heterocycles. The highest BCUT2D eigenvalue weighted by Gasteiger charge is 2.38. The lowest BCUT2D eigenvalue weighted by atomic mass is 10.1. The summed E-state index contributed by atoms with van der Waals surface area (Å²) in [6, 6.07) is 0. The second-order valence-electron chi connectivity index (χ2n) is 2.80. The Morgan fingerprint density at radius 2 is 1.71 bits per heavy atom. The quantitative estimate of drug-likeness (QED) is 0.695. The first-order chi connectivity index (χ1) is 7.82. The summed E-state index contributed by atoms with van der Waals surface area (Å²) in [4.78, 5) is 27.3. The van der Waals surface area contributed by atoms with Gasteiger partial charge in [-0.3, -0.25) is 9.79 Å². The summed E-state index contributed by atoms with van der Waals surface area (Å²) in [6.45, 7) is 0. The third-order valence-corrected chi connectivity index (χ3v) is 1.63. The Hall–Kier alpha value is -2.25. The number of amides is 1. The van der Waals surface area contributed by atoms with Crippen LogP contribution >= 0.6 is 0 Å². The van der Waals surface area contributed by atoms with Crippen LogP contribution in [0, 0.1) is 0 Å². The zero-order valence-electron chi connectivity index (χ0n) is 8.10. The first-order valence-electron chi connectivity index (χ1n) is 4.16. The van der Waals surface area contributed by atoms with Crippen molar-refractivity contribution in [3.8, 4) is 0 Å². The predicted octanol–water partition coefficient (Wildman–Crippen LogP) is 1.13. The highest BCUT2D eigenvalue weighted by molar-refractivity contribution is 6.11. The average Bonchev–Trinajstić information content (AvgIpc) is 2.66. The smallest absolute Gasteiger partial charge is 0.475 e. The molecule has 0 fully saturated rings. The van der Waals surface area contributed by atoms with E-state index in [2.05, 4.69) is 9.98 Å². The number of carbonyl (C=O) groups is 2. The van der Waals surface area contributed by atoms with Gasteiger partial charge in [0.05, 0.1) is 11.3 Å². The first kappa shape index (κ1) is 12.8. The second kappa shape index (κ2) is 4.73. The number of fused-ring (bicyclic) bond motifs is 1. The average molecular weight is 246 g/mol. The molecule has 0 aromatic rings. The molecular weight excluding hydrogens is 241 g/mol. The molecule has 1 amide bonds. The number of nitrogens with zero attached hydrogens (tertiary/aromatic N) is 2. The van der Waals surface area contributed by atoms with E-state index in [1.54, 1.807) is 18.4 Å². The van der Waals surface area contributed by atoms with E-state index in [9.17, 15) is 18.0 Å². The van der Waals surface area contributed by atoms with Gasteiger partial charge < -0.3 is 5.11 Å². The minimum Gasteiger partial charge on any atom is -0.475 e. The van der Waals surface area contributed by atoms with Crippen LogP contribution in [0.1, 0.15) is 0 Å². The molecule has 8 heteroatoms. The summed E-state index contributed by atoms with van der Waals surface area (Å²) in [5, 5.41) is 7.12. The zero-order valence-corrected chi connectivity index (χ0v) is 8.10. The summed E-state index contributed by atoms with van der Waals surface area (Å²) < 4.78 is 31.7. The van der Waals surface area contributed by atoms with Crippen LogP contribution in [0.2, 0.25) is 0 Å². The number of carboxylic acid groups (broad SMARTS) is 1. The molecule has 2 aliphatic heterocycles. The number of halogens is 3. The molecule has 0 aliphatic carbocycles. The molecule has 5 nitrogen and oxygen atoms in total. The number of rotatable bonds is 0. The van der Waals surface area contributed by atoms with Crippen LogP contribution in [0.5, 0.6) is 0 Å². The van der Waals surface area contributed by atoms with Crippen LogP contribution in [-0.2, 0) is 9.59 Å². The summed E-state index contributed by atoms with van der Waals surface area (Å²) in [5.41, 5.74) is 1.32. The van der Waals surface area contributed by atoms with E-state index < -0.39 is 12.1 Å². The number of carboxylic acids is 1. The lowest BCUT2D eigenvalue weighted by Crippen LogP contribution is -2.21. The molecule has 0 unspecified atom stereocenters. The second-order valence-corrected chi connectivity index (χ2v) is 2.80. The van der Waals surface area contributed by atoms with Crippen molar-refractivity contribution >= 4 is 24.3 Å². The third-order valence-electron chi connectivity index (χ3n) is 1.63. The molecule has 0 aromatic heterocycles. The van der Waals surface area contributed by atoms with E-state index >= 15 is 0 Å². The molecule has 2 heterocycles. The Labute approximate surface area is 92.7 Å². The molecule has 0 aromatic carbocycles. The monoisotopic (exact) mass is 246 g/mol. The van der Waals surface area contributed by atoms with E-state index in [-0.39, 0.29) is 5.91 Å². The van der Waals surface area contributed by atoms with Gasteiger partial charge in [0.2, 0.25) is 0 Å². The topological polar surface area (TPSA) is 79.1 Å². The molecule has 2 rings (SSSR count). The number of alkyl halides is 3. The Kier molecular flexibility index (Phi) is 3.56. The highest BCUT2D eigenvalue weighted by Crippen LogP contribution is 2.18. The fourth-order valence-corrected chi connectivity index (χ4v) is 0.906. The summed E-state index contributed by atoms with van der Waals surface area (Å²) in [5.74, 6) is -2.96. The molecule has 0 bridgehead atoms. The van der Waals surface area contributed by atoms with Gasteiger partial charge in [-0.1, -0.05) is 0 Å². The lowest BCUT2D eigenvalue weighted by molar-refractivity contribution is -0.192. The van der Waals surface area contributed by atoms with Gasteiger partial charge in [0.1, 0.15) is 0 Å². The predicted molar refractivity (Wildman–Crippen MR) is 51.8 cm³/mol. The van der Waals surface area contributed by atoms with Gasteiger partial charge >= 0.3 is 12.1 Å². The lowest BCUT2D eigenvalue weighted by Gasteiger charge is -2.00. The van der Waals surface area contributed by atoms with E-state index in [4.69, 9.17) is 9.90 Å².